The molecule has 1 aliphatic rings. The van der Waals surface area contributed by atoms with Crippen LogP contribution in [0.3, 0.4) is 0 Å². The van der Waals surface area contributed by atoms with Crippen LogP contribution >= 0.6 is 0 Å². The van der Waals surface area contributed by atoms with Crippen LogP contribution in [0.1, 0.15) is 29.7 Å². The van der Waals surface area contributed by atoms with E-state index in [9.17, 15) is 9.59 Å². The number of methoxy groups -OCH3 is 2. The number of amides is 2. The number of carbonyl (C=O) groups excluding carboxylic acids is 2. The van der Waals surface area contributed by atoms with Crippen molar-refractivity contribution in [3.8, 4) is 11.5 Å². The van der Waals surface area contributed by atoms with Gasteiger partial charge in [-0.2, -0.15) is 0 Å². The molecule has 0 aliphatic carbocycles. The lowest BCUT2D eigenvalue weighted by Gasteiger charge is -2.40. The Labute approximate surface area is 218 Å². The Morgan fingerprint density at radius 3 is 1.89 bits per heavy atom. The van der Waals surface area contributed by atoms with Gasteiger partial charge >= 0.3 is 0 Å². The molecule has 0 aromatic heterocycles. The lowest BCUT2D eigenvalue weighted by molar-refractivity contribution is -0.131. The van der Waals surface area contributed by atoms with Gasteiger partial charge < -0.3 is 19.7 Å². The summed E-state index contributed by atoms with van der Waals surface area (Å²) >= 11 is 0. The average molecular weight is 500 g/mol. The van der Waals surface area contributed by atoms with Crippen LogP contribution in [0.25, 0.3) is 6.08 Å². The third kappa shape index (κ3) is 6.37. The SMILES string of the molecule is COc1ccc(/C=C(\NC(C)=O)C(=O)N2CCN(C(c3ccccc3)c3ccccc3)CC2)cc1OC. The number of nitrogens with zero attached hydrogens (tertiary/aromatic N) is 2. The summed E-state index contributed by atoms with van der Waals surface area (Å²) in [7, 11) is 3.13. The second-order valence-electron chi connectivity index (χ2n) is 8.91. The van der Waals surface area contributed by atoms with Crippen molar-refractivity contribution in [2.75, 3.05) is 40.4 Å². The summed E-state index contributed by atoms with van der Waals surface area (Å²) in [5.41, 5.74) is 3.40. The van der Waals surface area contributed by atoms with Crippen molar-refractivity contribution < 1.29 is 19.1 Å². The van der Waals surface area contributed by atoms with E-state index in [-0.39, 0.29) is 23.6 Å². The van der Waals surface area contributed by atoms with E-state index >= 15 is 0 Å². The highest BCUT2D eigenvalue weighted by molar-refractivity contribution is 6.01. The topological polar surface area (TPSA) is 71.1 Å². The Kier molecular flexibility index (Phi) is 8.59. The van der Waals surface area contributed by atoms with Crippen LogP contribution in [0.5, 0.6) is 11.5 Å². The maximum absolute atomic E-state index is 13.5. The normalized spacial score (nSPS) is 14.4. The Morgan fingerprint density at radius 1 is 0.811 bits per heavy atom. The smallest absolute Gasteiger partial charge is 0.270 e. The predicted octanol–water partition coefficient (Wildman–Crippen LogP) is 4.11. The molecule has 0 unspecified atom stereocenters. The monoisotopic (exact) mass is 499 g/mol. The van der Waals surface area contributed by atoms with E-state index in [1.165, 1.54) is 18.1 Å². The third-order valence-corrected chi connectivity index (χ3v) is 6.46. The molecular formula is C30H33N3O4. The largest absolute Gasteiger partial charge is 0.493 e. The van der Waals surface area contributed by atoms with Crippen molar-refractivity contribution in [1.29, 1.82) is 0 Å². The molecule has 0 spiro atoms. The first-order valence-corrected chi connectivity index (χ1v) is 12.3. The first-order valence-electron chi connectivity index (χ1n) is 12.3. The fraction of sp³-hybridized carbons (Fsp3) is 0.267. The average Bonchev–Trinajstić information content (AvgIpc) is 2.93. The standard InChI is InChI=1S/C30H33N3O4/c1-22(34)31-26(20-23-14-15-27(36-2)28(21-23)37-3)30(35)33-18-16-32(17-19-33)29(24-10-6-4-7-11-24)25-12-8-5-9-13-25/h4-15,20-21,29H,16-19H2,1-3H3,(H,31,34)/b26-20-. The van der Waals surface area contributed by atoms with Gasteiger partial charge in [0.25, 0.3) is 5.91 Å². The fourth-order valence-corrected chi connectivity index (χ4v) is 4.69. The molecule has 3 aromatic rings. The van der Waals surface area contributed by atoms with E-state index in [1.807, 2.05) is 18.2 Å². The van der Waals surface area contributed by atoms with Crippen LogP contribution in [-0.2, 0) is 9.59 Å². The van der Waals surface area contributed by atoms with E-state index in [0.717, 1.165) is 5.56 Å². The van der Waals surface area contributed by atoms with Gasteiger partial charge in [-0.1, -0.05) is 66.7 Å². The van der Waals surface area contributed by atoms with Crippen LogP contribution in [-0.4, -0.2) is 62.0 Å². The maximum atomic E-state index is 13.5. The second kappa shape index (κ2) is 12.2. The number of hydrogen-bond acceptors (Lipinski definition) is 5. The number of piperazine rings is 1. The lowest BCUT2D eigenvalue weighted by atomic mass is 9.96. The molecule has 4 rings (SSSR count). The molecule has 7 nitrogen and oxygen atoms in total. The van der Waals surface area contributed by atoms with Crippen molar-refractivity contribution in [2.24, 2.45) is 0 Å². The van der Waals surface area contributed by atoms with Gasteiger partial charge in [0.05, 0.1) is 20.3 Å². The van der Waals surface area contributed by atoms with Gasteiger partial charge in [-0.3, -0.25) is 14.5 Å². The number of nitrogens with one attached hydrogen (secondary N) is 1. The van der Waals surface area contributed by atoms with Crippen LogP contribution in [0.2, 0.25) is 0 Å². The molecule has 0 atom stereocenters. The molecular weight excluding hydrogens is 466 g/mol. The first-order chi connectivity index (χ1) is 18.0. The molecule has 37 heavy (non-hydrogen) atoms. The highest BCUT2D eigenvalue weighted by atomic mass is 16.5. The third-order valence-electron chi connectivity index (χ3n) is 6.46. The zero-order valence-electron chi connectivity index (χ0n) is 21.5. The summed E-state index contributed by atoms with van der Waals surface area (Å²) in [4.78, 5) is 29.6. The summed E-state index contributed by atoms with van der Waals surface area (Å²) in [6.07, 6.45) is 1.68. The van der Waals surface area contributed by atoms with Gasteiger partial charge in [-0.25, -0.2) is 0 Å². The van der Waals surface area contributed by atoms with Crippen LogP contribution < -0.4 is 14.8 Å². The molecule has 1 saturated heterocycles. The van der Waals surface area contributed by atoms with Gasteiger partial charge in [0.15, 0.2) is 11.5 Å². The minimum absolute atomic E-state index is 0.108. The second-order valence-corrected chi connectivity index (χ2v) is 8.91. The zero-order valence-corrected chi connectivity index (χ0v) is 21.5. The predicted molar refractivity (Wildman–Crippen MR) is 144 cm³/mol. The van der Waals surface area contributed by atoms with E-state index in [4.69, 9.17) is 9.47 Å². The number of rotatable bonds is 8. The summed E-state index contributed by atoms with van der Waals surface area (Å²) in [6.45, 7) is 3.93. The fourth-order valence-electron chi connectivity index (χ4n) is 4.69. The van der Waals surface area contributed by atoms with Gasteiger partial charge in [0.1, 0.15) is 5.70 Å². The number of carbonyl (C=O) groups is 2. The Morgan fingerprint density at radius 2 is 1.38 bits per heavy atom. The Hall–Kier alpha value is -4.10. The van der Waals surface area contributed by atoms with Crippen molar-refractivity contribution in [3.05, 3.63) is 101 Å². The molecule has 0 saturated carbocycles. The minimum atomic E-state index is -0.299. The van der Waals surface area contributed by atoms with Gasteiger partial charge in [0.2, 0.25) is 5.91 Å². The van der Waals surface area contributed by atoms with Crippen molar-refractivity contribution in [3.63, 3.8) is 0 Å². The summed E-state index contributed by atoms with van der Waals surface area (Å²) in [5.74, 6) is 0.634. The molecule has 3 aromatic carbocycles. The first kappa shape index (κ1) is 26.0. The molecule has 1 heterocycles. The van der Waals surface area contributed by atoms with Crippen molar-refractivity contribution in [2.45, 2.75) is 13.0 Å². The Balaban J connectivity index is 1.53. The van der Waals surface area contributed by atoms with E-state index in [0.29, 0.717) is 37.7 Å². The number of hydrogen-bond donors (Lipinski definition) is 1. The number of ether oxygens (including phenoxy) is 2. The maximum Gasteiger partial charge on any atom is 0.270 e. The summed E-state index contributed by atoms with van der Waals surface area (Å²) in [5, 5.41) is 2.72. The van der Waals surface area contributed by atoms with Crippen molar-refractivity contribution in [1.82, 2.24) is 15.1 Å². The highest BCUT2D eigenvalue weighted by Crippen LogP contribution is 2.30. The minimum Gasteiger partial charge on any atom is -0.493 e. The molecule has 1 fully saturated rings. The van der Waals surface area contributed by atoms with E-state index < -0.39 is 0 Å². The van der Waals surface area contributed by atoms with Crippen LogP contribution in [0.15, 0.2) is 84.6 Å². The quantitative estimate of drug-likeness (QED) is 0.473. The van der Waals surface area contributed by atoms with Gasteiger partial charge in [-0.15, -0.1) is 0 Å². The van der Waals surface area contributed by atoms with E-state index in [2.05, 4.69) is 58.7 Å². The van der Waals surface area contributed by atoms with Crippen molar-refractivity contribution >= 4 is 17.9 Å². The Bertz CT molecular complexity index is 1200. The molecule has 2 amide bonds. The molecule has 1 aliphatic heterocycles. The molecule has 1 N–H and O–H groups in total. The molecule has 0 radical (unpaired) electrons. The number of benzene rings is 3. The highest BCUT2D eigenvalue weighted by Gasteiger charge is 2.29. The molecule has 192 valence electrons. The van der Waals surface area contributed by atoms with Crippen LogP contribution in [0, 0.1) is 0 Å². The van der Waals surface area contributed by atoms with Gasteiger partial charge in [0, 0.05) is 33.1 Å². The van der Waals surface area contributed by atoms with Crippen LogP contribution in [0.4, 0.5) is 0 Å². The zero-order chi connectivity index (χ0) is 26.2. The summed E-state index contributed by atoms with van der Waals surface area (Å²) in [6, 6.07) is 26.4. The molecule has 7 heteroatoms. The van der Waals surface area contributed by atoms with E-state index in [1.54, 1.807) is 37.3 Å². The van der Waals surface area contributed by atoms with Gasteiger partial charge in [-0.05, 0) is 34.9 Å². The summed E-state index contributed by atoms with van der Waals surface area (Å²) < 4.78 is 10.7. The molecule has 0 bridgehead atoms. The lowest BCUT2D eigenvalue weighted by Crippen LogP contribution is -2.51.